The van der Waals surface area contributed by atoms with E-state index in [1.165, 1.54) is 6.42 Å². The molecule has 0 aliphatic rings. The van der Waals surface area contributed by atoms with Crippen LogP contribution >= 0.6 is 0 Å². The molecule has 0 unspecified atom stereocenters. The Morgan fingerprint density at radius 1 is 1.06 bits per heavy atom. The summed E-state index contributed by atoms with van der Waals surface area (Å²) in [5.74, 6) is 0.573. The van der Waals surface area contributed by atoms with Gasteiger partial charge in [-0.2, -0.15) is 0 Å². The van der Waals surface area contributed by atoms with Crippen LogP contribution in [0, 0.1) is 0 Å². The molecule has 0 aliphatic carbocycles. The predicted molar refractivity (Wildman–Crippen MR) is 69.6 cm³/mol. The van der Waals surface area contributed by atoms with Gasteiger partial charge < -0.3 is 10.2 Å². The fourth-order valence-electron chi connectivity index (χ4n) is 1.36. The number of nitrogens with zero attached hydrogens (tertiary/aromatic N) is 1. The first kappa shape index (κ1) is 15.9. The van der Waals surface area contributed by atoms with E-state index in [1.54, 1.807) is 6.92 Å². The fourth-order valence-corrected chi connectivity index (χ4v) is 2.24. The number of hydrogen-bond acceptors (Lipinski definition) is 4. The Balaban J connectivity index is 3.22. The minimum atomic E-state index is -2.77. The molecule has 0 amide bonds. The first-order valence-corrected chi connectivity index (χ1v) is 7.86. The molecule has 0 radical (unpaired) electrons. The second-order valence-corrected chi connectivity index (χ2v) is 6.82. The smallest absolute Gasteiger partial charge is 0.150 e. The molecule has 0 bridgehead atoms. The van der Waals surface area contributed by atoms with Crippen LogP contribution in [0.25, 0.3) is 0 Å². The second kappa shape index (κ2) is 8.96. The second-order valence-electron chi connectivity index (χ2n) is 4.35. The van der Waals surface area contributed by atoms with Crippen molar-refractivity contribution in [3.05, 3.63) is 0 Å². The van der Waals surface area contributed by atoms with Crippen molar-refractivity contribution in [2.45, 2.75) is 26.2 Å². The number of unbranched alkanes of at least 4 members (excludes halogenated alkanes) is 1. The first-order valence-electron chi connectivity index (χ1n) is 6.04. The maximum absolute atomic E-state index is 11.2. The summed E-state index contributed by atoms with van der Waals surface area (Å²) in [4.78, 5) is 2.17. The molecule has 0 aromatic carbocycles. The molecule has 0 rings (SSSR count). The van der Waals surface area contributed by atoms with Gasteiger partial charge in [0.15, 0.2) is 0 Å². The number of rotatable bonds is 10. The first-order chi connectivity index (χ1) is 7.48. The van der Waals surface area contributed by atoms with E-state index >= 15 is 0 Å². The van der Waals surface area contributed by atoms with Gasteiger partial charge in [0.2, 0.25) is 0 Å². The largest absolute Gasteiger partial charge is 0.317 e. The third-order valence-electron chi connectivity index (χ3n) is 2.46. The molecular formula is C11H26N2O2S. The third kappa shape index (κ3) is 10.4. The molecule has 98 valence electrons. The van der Waals surface area contributed by atoms with Gasteiger partial charge in [0.25, 0.3) is 0 Å². The highest BCUT2D eigenvalue weighted by Crippen LogP contribution is 1.93. The summed E-state index contributed by atoms with van der Waals surface area (Å²) in [5, 5.41) is 3.27. The van der Waals surface area contributed by atoms with Gasteiger partial charge in [0.05, 0.1) is 5.75 Å². The average molecular weight is 250 g/mol. The minimum absolute atomic E-state index is 0.260. The summed E-state index contributed by atoms with van der Waals surface area (Å²) < 4.78 is 22.4. The molecular weight excluding hydrogens is 224 g/mol. The van der Waals surface area contributed by atoms with Crippen molar-refractivity contribution in [2.24, 2.45) is 0 Å². The van der Waals surface area contributed by atoms with E-state index in [4.69, 9.17) is 0 Å². The van der Waals surface area contributed by atoms with Crippen LogP contribution in [0.3, 0.4) is 0 Å². The van der Waals surface area contributed by atoms with Gasteiger partial charge >= 0.3 is 0 Å². The summed E-state index contributed by atoms with van der Waals surface area (Å²) in [7, 11) is 1.37. The number of sulfone groups is 1. The number of hydrogen-bond donors (Lipinski definition) is 1. The van der Waals surface area contributed by atoms with Crippen molar-refractivity contribution < 1.29 is 8.42 Å². The number of nitrogens with one attached hydrogen (secondary N) is 1. The molecule has 0 heterocycles. The Kier molecular flexibility index (Phi) is 8.89. The molecule has 16 heavy (non-hydrogen) atoms. The lowest BCUT2D eigenvalue weighted by Crippen LogP contribution is -2.21. The fraction of sp³-hybridized carbons (Fsp3) is 1.00. The van der Waals surface area contributed by atoms with Crippen molar-refractivity contribution in [2.75, 3.05) is 45.2 Å². The Labute approximate surface area is 100 Å². The summed E-state index contributed by atoms with van der Waals surface area (Å²) in [5.41, 5.74) is 0. The van der Waals surface area contributed by atoms with E-state index in [0.29, 0.717) is 5.75 Å². The third-order valence-corrected chi connectivity index (χ3v) is 4.25. The summed E-state index contributed by atoms with van der Waals surface area (Å²) in [6.07, 6.45) is 3.07. The highest BCUT2D eigenvalue weighted by atomic mass is 32.2. The van der Waals surface area contributed by atoms with Crippen LogP contribution in [-0.2, 0) is 9.84 Å². The van der Waals surface area contributed by atoms with Crippen LogP contribution in [0.15, 0.2) is 0 Å². The van der Waals surface area contributed by atoms with Crippen molar-refractivity contribution in [3.8, 4) is 0 Å². The van der Waals surface area contributed by atoms with Gasteiger partial charge in [-0.15, -0.1) is 0 Å². The lowest BCUT2D eigenvalue weighted by atomic mass is 10.3. The van der Waals surface area contributed by atoms with Gasteiger partial charge in [-0.3, -0.25) is 0 Å². The molecule has 0 fully saturated rings. The van der Waals surface area contributed by atoms with Crippen LogP contribution in [0.1, 0.15) is 26.2 Å². The molecule has 0 aromatic rings. The van der Waals surface area contributed by atoms with Crippen LogP contribution in [0.4, 0.5) is 0 Å². The van der Waals surface area contributed by atoms with Gasteiger partial charge in [-0.25, -0.2) is 8.42 Å². The summed E-state index contributed by atoms with van der Waals surface area (Å²) in [6, 6.07) is 0. The highest BCUT2D eigenvalue weighted by Gasteiger charge is 2.05. The average Bonchev–Trinajstić information content (AvgIpc) is 2.21. The normalized spacial score (nSPS) is 12.2. The Morgan fingerprint density at radius 3 is 2.25 bits per heavy atom. The van der Waals surface area contributed by atoms with Crippen LogP contribution in [0.5, 0.6) is 0 Å². The van der Waals surface area contributed by atoms with Crippen LogP contribution < -0.4 is 5.32 Å². The van der Waals surface area contributed by atoms with E-state index in [2.05, 4.69) is 24.3 Å². The minimum Gasteiger partial charge on any atom is -0.317 e. The van der Waals surface area contributed by atoms with Crippen molar-refractivity contribution in [1.82, 2.24) is 10.2 Å². The molecule has 1 N–H and O–H groups in total. The maximum Gasteiger partial charge on any atom is 0.150 e. The Hall–Kier alpha value is -0.130. The Bertz CT molecular complexity index is 251. The predicted octanol–water partition coefficient (Wildman–Crippen LogP) is 0.743. The zero-order valence-corrected chi connectivity index (χ0v) is 11.6. The van der Waals surface area contributed by atoms with Gasteiger partial charge in [-0.05, 0) is 53.0 Å². The molecule has 5 heteroatoms. The van der Waals surface area contributed by atoms with Crippen LogP contribution in [-0.4, -0.2) is 58.6 Å². The zero-order chi connectivity index (χ0) is 12.4. The van der Waals surface area contributed by atoms with E-state index in [9.17, 15) is 8.42 Å². The molecule has 0 saturated carbocycles. The Morgan fingerprint density at radius 2 is 1.69 bits per heavy atom. The molecule has 0 atom stereocenters. The van der Waals surface area contributed by atoms with Gasteiger partial charge in [0.1, 0.15) is 9.84 Å². The lowest BCUT2D eigenvalue weighted by Gasteiger charge is -2.09. The van der Waals surface area contributed by atoms with Crippen LogP contribution in [0.2, 0.25) is 0 Å². The molecule has 4 nitrogen and oxygen atoms in total. The van der Waals surface area contributed by atoms with Crippen molar-refractivity contribution in [3.63, 3.8) is 0 Å². The van der Waals surface area contributed by atoms with E-state index in [-0.39, 0.29) is 5.75 Å². The lowest BCUT2D eigenvalue weighted by molar-refractivity contribution is 0.392. The maximum atomic E-state index is 11.2. The topological polar surface area (TPSA) is 49.4 Å². The quantitative estimate of drug-likeness (QED) is 0.581. The molecule has 0 aromatic heterocycles. The monoisotopic (exact) mass is 250 g/mol. The van der Waals surface area contributed by atoms with Gasteiger partial charge in [-0.1, -0.05) is 6.92 Å². The zero-order valence-electron chi connectivity index (χ0n) is 10.8. The van der Waals surface area contributed by atoms with E-state index in [1.807, 2.05) is 0 Å². The highest BCUT2D eigenvalue weighted by molar-refractivity contribution is 7.91. The molecule has 0 aliphatic heterocycles. The van der Waals surface area contributed by atoms with Gasteiger partial charge in [0, 0.05) is 5.75 Å². The molecule has 0 saturated heterocycles. The van der Waals surface area contributed by atoms with E-state index in [0.717, 1.165) is 32.5 Å². The van der Waals surface area contributed by atoms with Crippen molar-refractivity contribution in [1.29, 1.82) is 0 Å². The standard InChI is InChI=1S/C11H26N2O2S/c1-4-16(14,15)11-7-9-12-8-5-6-10-13(2)3/h12H,4-11H2,1-3H3. The summed E-state index contributed by atoms with van der Waals surface area (Å²) in [6.45, 7) is 4.61. The SMILES string of the molecule is CCS(=O)(=O)CCCNCCCCN(C)C. The molecule has 0 spiro atoms. The summed E-state index contributed by atoms with van der Waals surface area (Å²) >= 11 is 0. The van der Waals surface area contributed by atoms with E-state index < -0.39 is 9.84 Å². The van der Waals surface area contributed by atoms with Crippen molar-refractivity contribution >= 4 is 9.84 Å².